The van der Waals surface area contributed by atoms with Crippen molar-refractivity contribution >= 4 is 0 Å². The van der Waals surface area contributed by atoms with Crippen molar-refractivity contribution < 1.29 is 19.3 Å². The second kappa shape index (κ2) is 8.88. The maximum Gasteiger partial charge on any atom is 0.119 e. The predicted octanol–water partition coefficient (Wildman–Crippen LogP) is 3.59. The molecule has 1 N–H and O–H groups in total. The third kappa shape index (κ3) is 6.07. The normalized spacial score (nSPS) is 17.1. The highest BCUT2D eigenvalue weighted by Crippen LogP contribution is 2.19. The Labute approximate surface area is 149 Å². The second-order valence-electron chi connectivity index (χ2n) is 6.48. The Kier molecular flexibility index (Phi) is 6.31. The van der Waals surface area contributed by atoms with Crippen molar-refractivity contribution in [3.05, 3.63) is 59.7 Å². The van der Waals surface area contributed by atoms with Gasteiger partial charge in [-0.15, -0.1) is 0 Å². The fourth-order valence-electron chi connectivity index (χ4n) is 2.61. The van der Waals surface area contributed by atoms with Crippen molar-refractivity contribution in [3.8, 4) is 11.5 Å². The third-order valence-corrected chi connectivity index (χ3v) is 4.16. The van der Waals surface area contributed by atoms with E-state index in [9.17, 15) is 5.11 Å². The molecule has 4 heteroatoms. The molecule has 0 spiro atoms. The zero-order chi connectivity index (χ0) is 17.5. The van der Waals surface area contributed by atoms with Gasteiger partial charge in [-0.2, -0.15) is 0 Å². The molecule has 1 heterocycles. The fraction of sp³-hybridized carbons (Fsp3) is 0.429. The molecule has 2 aromatic carbocycles. The van der Waals surface area contributed by atoms with Crippen LogP contribution in [0.5, 0.6) is 11.5 Å². The lowest BCUT2D eigenvalue weighted by Crippen LogP contribution is -2.16. The van der Waals surface area contributed by atoms with Gasteiger partial charge in [0, 0.05) is 0 Å². The molecule has 0 amide bonds. The maximum absolute atomic E-state index is 9.71. The van der Waals surface area contributed by atoms with Crippen LogP contribution in [0.1, 0.15) is 30.9 Å². The topological polar surface area (TPSA) is 51.2 Å². The molecule has 0 aliphatic carbocycles. The molecule has 4 nitrogen and oxygen atoms in total. The number of hydrogen-bond acceptors (Lipinski definition) is 4. The van der Waals surface area contributed by atoms with E-state index in [1.807, 2.05) is 24.3 Å². The van der Waals surface area contributed by atoms with Crippen molar-refractivity contribution in [3.63, 3.8) is 0 Å². The Morgan fingerprint density at radius 2 is 1.56 bits per heavy atom. The molecule has 2 aromatic rings. The number of epoxide rings is 1. The van der Waals surface area contributed by atoms with Crippen LogP contribution < -0.4 is 9.47 Å². The van der Waals surface area contributed by atoms with Crippen molar-refractivity contribution in [1.82, 2.24) is 0 Å². The van der Waals surface area contributed by atoms with Crippen LogP contribution in [0.25, 0.3) is 0 Å². The lowest BCUT2D eigenvalue weighted by Gasteiger charge is -2.12. The van der Waals surface area contributed by atoms with Crippen LogP contribution >= 0.6 is 0 Å². The van der Waals surface area contributed by atoms with Gasteiger partial charge in [0.2, 0.25) is 0 Å². The average Bonchev–Trinajstić information content (AvgIpc) is 3.45. The molecule has 1 aliphatic rings. The summed E-state index contributed by atoms with van der Waals surface area (Å²) in [7, 11) is 0. The molecule has 0 bridgehead atoms. The minimum absolute atomic E-state index is 0.281. The Hall–Kier alpha value is -2.04. The molecule has 3 rings (SSSR count). The number of aliphatic hydroxyl groups excluding tert-OH is 1. The van der Waals surface area contributed by atoms with Crippen LogP contribution in [-0.4, -0.2) is 37.1 Å². The molecule has 2 atom stereocenters. The molecule has 1 saturated heterocycles. The Bertz CT molecular complexity index is 632. The lowest BCUT2D eigenvalue weighted by molar-refractivity contribution is 0.0993. The van der Waals surface area contributed by atoms with Gasteiger partial charge >= 0.3 is 0 Å². The number of rotatable bonds is 10. The standard InChI is InChI=1S/C21H26O4/c1-2-3-18(22)13-23-19-8-4-16(5-9-19)12-17-6-10-20(11-7-17)24-14-21-15-25-21/h4-11,18,21-22H,2-3,12-15H2,1H3. The number of benzene rings is 2. The smallest absolute Gasteiger partial charge is 0.119 e. The molecule has 0 radical (unpaired) electrons. The van der Waals surface area contributed by atoms with Crippen molar-refractivity contribution in [2.24, 2.45) is 0 Å². The monoisotopic (exact) mass is 342 g/mol. The summed E-state index contributed by atoms with van der Waals surface area (Å²) in [5, 5.41) is 9.71. The summed E-state index contributed by atoms with van der Waals surface area (Å²) in [6.07, 6.45) is 2.48. The van der Waals surface area contributed by atoms with Crippen molar-refractivity contribution in [2.75, 3.05) is 19.8 Å². The molecular weight excluding hydrogens is 316 g/mol. The molecule has 134 valence electrons. The van der Waals surface area contributed by atoms with Gasteiger partial charge in [-0.05, 0) is 48.2 Å². The predicted molar refractivity (Wildman–Crippen MR) is 97.3 cm³/mol. The molecule has 25 heavy (non-hydrogen) atoms. The first kappa shape index (κ1) is 17.8. The number of ether oxygens (including phenoxy) is 3. The summed E-state index contributed by atoms with van der Waals surface area (Å²) in [6.45, 7) is 3.85. The number of hydrogen-bond donors (Lipinski definition) is 1. The van der Waals surface area contributed by atoms with E-state index in [4.69, 9.17) is 14.2 Å². The first-order valence-electron chi connectivity index (χ1n) is 8.96. The van der Waals surface area contributed by atoms with Gasteiger partial charge in [0.25, 0.3) is 0 Å². The summed E-state index contributed by atoms with van der Waals surface area (Å²) < 4.78 is 16.4. The Balaban J connectivity index is 1.47. The first-order valence-corrected chi connectivity index (χ1v) is 8.96. The van der Waals surface area contributed by atoms with E-state index in [0.29, 0.717) is 13.2 Å². The summed E-state index contributed by atoms with van der Waals surface area (Å²) in [6, 6.07) is 16.2. The van der Waals surface area contributed by atoms with Gasteiger partial charge in [-0.25, -0.2) is 0 Å². The van der Waals surface area contributed by atoms with Crippen LogP contribution in [0.4, 0.5) is 0 Å². The second-order valence-corrected chi connectivity index (χ2v) is 6.48. The highest BCUT2D eigenvalue weighted by atomic mass is 16.6. The van der Waals surface area contributed by atoms with Crippen LogP contribution in [0, 0.1) is 0 Å². The van der Waals surface area contributed by atoms with Gasteiger partial charge in [0.15, 0.2) is 0 Å². The SMILES string of the molecule is CCCC(O)COc1ccc(Cc2ccc(OCC3CO3)cc2)cc1. The minimum Gasteiger partial charge on any atom is -0.491 e. The van der Waals surface area contributed by atoms with E-state index >= 15 is 0 Å². The Morgan fingerprint density at radius 3 is 2.08 bits per heavy atom. The molecule has 0 saturated carbocycles. The molecule has 1 aliphatic heterocycles. The van der Waals surface area contributed by atoms with E-state index in [0.717, 1.165) is 37.4 Å². The molecular formula is C21H26O4. The van der Waals surface area contributed by atoms with Crippen LogP contribution in [0.2, 0.25) is 0 Å². The molecule has 2 unspecified atom stereocenters. The average molecular weight is 342 g/mol. The Morgan fingerprint density at radius 1 is 1.00 bits per heavy atom. The van der Waals surface area contributed by atoms with Gasteiger partial charge in [0.1, 0.15) is 30.8 Å². The van der Waals surface area contributed by atoms with Gasteiger partial charge in [-0.1, -0.05) is 37.6 Å². The zero-order valence-electron chi connectivity index (χ0n) is 14.7. The van der Waals surface area contributed by atoms with Crippen LogP contribution in [0.3, 0.4) is 0 Å². The van der Waals surface area contributed by atoms with Gasteiger partial charge in [0.05, 0.1) is 12.7 Å². The summed E-state index contributed by atoms with van der Waals surface area (Å²) in [4.78, 5) is 0. The maximum atomic E-state index is 9.71. The highest BCUT2D eigenvalue weighted by Gasteiger charge is 2.22. The van der Waals surface area contributed by atoms with Gasteiger partial charge in [-0.3, -0.25) is 0 Å². The van der Waals surface area contributed by atoms with E-state index < -0.39 is 6.10 Å². The largest absolute Gasteiger partial charge is 0.491 e. The van der Waals surface area contributed by atoms with E-state index in [1.54, 1.807) is 0 Å². The summed E-state index contributed by atoms with van der Waals surface area (Å²) in [5.74, 6) is 1.68. The fourth-order valence-corrected chi connectivity index (χ4v) is 2.61. The van der Waals surface area contributed by atoms with Crippen molar-refractivity contribution in [1.29, 1.82) is 0 Å². The van der Waals surface area contributed by atoms with Crippen LogP contribution in [0.15, 0.2) is 48.5 Å². The van der Waals surface area contributed by atoms with Gasteiger partial charge < -0.3 is 19.3 Å². The summed E-state index contributed by atoms with van der Waals surface area (Å²) >= 11 is 0. The summed E-state index contributed by atoms with van der Waals surface area (Å²) in [5.41, 5.74) is 2.46. The third-order valence-electron chi connectivity index (χ3n) is 4.16. The lowest BCUT2D eigenvalue weighted by atomic mass is 10.0. The minimum atomic E-state index is -0.392. The van der Waals surface area contributed by atoms with E-state index in [2.05, 4.69) is 31.2 Å². The quantitative estimate of drug-likeness (QED) is 0.670. The first-order chi connectivity index (χ1) is 12.2. The van der Waals surface area contributed by atoms with Crippen molar-refractivity contribution in [2.45, 2.75) is 38.4 Å². The highest BCUT2D eigenvalue weighted by molar-refractivity contribution is 5.34. The van der Waals surface area contributed by atoms with E-state index in [-0.39, 0.29) is 6.10 Å². The van der Waals surface area contributed by atoms with Crippen LogP contribution in [-0.2, 0) is 11.2 Å². The molecule has 1 fully saturated rings. The molecule has 0 aromatic heterocycles. The van der Waals surface area contributed by atoms with E-state index in [1.165, 1.54) is 11.1 Å². The zero-order valence-corrected chi connectivity index (χ0v) is 14.7. The number of aliphatic hydroxyl groups is 1.